The highest BCUT2D eigenvalue weighted by Gasteiger charge is 2.34. The zero-order valence-electron chi connectivity index (χ0n) is 10.5. The molecular weight excluding hydrogens is 241 g/mol. The van der Waals surface area contributed by atoms with Crippen molar-refractivity contribution in [3.63, 3.8) is 0 Å². The van der Waals surface area contributed by atoms with E-state index < -0.39 is 11.9 Å². The number of hydrogen-bond donors (Lipinski definition) is 0. The molecule has 0 N–H and O–H groups in total. The Bertz CT molecular complexity index is 487. The molecule has 5 heteroatoms. The van der Waals surface area contributed by atoms with Gasteiger partial charge >= 0.3 is 6.18 Å². The maximum absolute atomic E-state index is 12.4. The van der Waals surface area contributed by atoms with Crippen LogP contribution in [0, 0.1) is 0 Å². The van der Waals surface area contributed by atoms with Crippen molar-refractivity contribution in [2.75, 3.05) is 0 Å². The Labute approximate surface area is 104 Å². The minimum atomic E-state index is -4.40. The molecule has 0 amide bonds. The molecule has 0 aliphatic rings. The van der Waals surface area contributed by atoms with Crippen molar-refractivity contribution in [2.45, 2.75) is 20.0 Å². The molecule has 2 nitrogen and oxygen atoms in total. The normalized spacial score (nSPS) is 10.8. The second-order valence-corrected chi connectivity index (χ2v) is 3.42. The molecule has 0 saturated heterocycles. The van der Waals surface area contributed by atoms with Gasteiger partial charge in [-0.1, -0.05) is 44.2 Å². The topological polar surface area (TPSA) is 17.8 Å². The Kier molecular flexibility index (Phi) is 4.53. The molecule has 1 heterocycles. The van der Waals surface area contributed by atoms with Crippen LogP contribution < -0.4 is 0 Å². The number of nitrogens with zero attached hydrogens (tertiary/aromatic N) is 2. The van der Waals surface area contributed by atoms with Gasteiger partial charge in [0, 0.05) is 18.8 Å². The Morgan fingerprint density at radius 2 is 1.61 bits per heavy atom. The summed E-state index contributed by atoms with van der Waals surface area (Å²) in [6.45, 7) is 4.00. The van der Waals surface area contributed by atoms with Gasteiger partial charge in [0.25, 0.3) is 0 Å². The molecule has 2 rings (SSSR count). The fraction of sp³-hybridized carbons (Fsp3) is 0.308. The van der Waals surface area contributed by atoms with E-state index in [4.69, 9.17) is 0 Å². The Morgan fingerprint density at radius 3 is 2.06 bits per heavy atom. The average molecular weight is 256 g/mol. The zero-order valence-corrected chi connectivity index (χ0v) is 10.5. The minimum absolute atomic E-state index is 0.313. The third-order valence-corrected chi connectivity index (χ3v) is 2.20. The number of aryl methyl sites for hydroxylation is 1. The van der Waals surface area contributed by atoms with Gasteiger partial charge in [0.2, 0.25) is 0 Å². The van der Waals surface area contributed by atoms with Gasteiger partial charge in [0.15, 0.2) is 5.69 Å². The summed E-state index contributed by atoms with van der Waals surface area (Å²) in [6, 6.07) is 8.77. The molecule has 2 aromatic rings. The fourth-order valence-electron chi connectivity index (χ4n) is 1.46. The number of alkyl halides is 3. The van der Waals surface area contributed by atoms with Gasteiger partial charge in [-0.25, -0.2) is 4.98 Å². The van der Waals surface area contributed by atoms with Gasteiger partial charge in [-0.15, -0.1) is 0 Å². The second kappa shape index (κ2) is 5.71. The molecule has 0 spiro atoms. The Balaban J connectivity index is 0.000000771. The van der Waals surface area contributed by atoms with Gasteiger partial charge in [-0.3, -0.25) is 0 Å². The number of rotatable bonds is 1. The number of imidazole rings is 1. The molecule has 0 bridgehead atoms. The third kappa shape index (κ3) is 3.12. The lowest BCUT2D eigenvalue weighted by molar-refractivity contribution is -0.140. The quantitative estimate of drug-likeness (QED) is 0.750. The van der Waals surface area contributed by atoms with Crippen molar-refractivity contribution in [1.29, 1.82) is 0 Å². The molecule has 0 fully saturated rings. The van der Waals surface area contributed by atoms with Crippen LogP contribution in [0.1, 0.15) is 19.5 Å². The largest absolute Gasteiger partial charge is 0.434 e. The first-order valence-electron chi connectivity index (χ1n) is 5.64. The van der Waals surface area contributed by atoms with E-state index in [1.165, 1.54) is 4.57 Å². The minimum Gasteiger partial charge on any atom is -0.333 e. The Hall–Kier alpha value is -1.78. The molecule has 0 unspecified atom stereocenters. The number of hydrogen-bond acceptors (Lipinski definition) is 1. The van der Waals surface area contributed by atoms with Gasteiger partial charge < -0.3 is 4.57 Å². The lowest BCUT2D eigenvalue weighted by atomic mass is 10.2. The van der Waals surface area contributed by atoms with Crippen molar-refractivity contribution in [3.05, 3.63) is 42.2 Å². The van der Waals surface area contributed by atoms with Crippen LogP contribution in [0.15, 0.2) is 36.5 Å². The van der Waals surface area contributed by atoms with Crippen molar-refractivity contribution in [2.24, 2.45) is 7.05 Å². The predicted octanol–water partition coefficient (Wildman–Crippen LogP) is 4.13. The number of aromatic nitrogens is 2. The van der Waals surface area contributed by atoms with Crippen LogP contribution in [-0.2, 0) is 13.2 Å². The highest BCUT2D eigenvalue weighted by atomic mass is 19.4. The van der Waals surface area contributed by atoms with E-state index >= 15 is 0 Å². The molecular formula is C13H15F3N2. The maximum Gasteiger partial charge on any atom is 0.434 e. The van der Waals surface area contributed by atoms with Crippen molar-refractivity contribution in [3.8, 4) is 11.4 Å². The standard InChI is InChI=1S/C11H9F3N2.C2H6/c1-16-7-9(11(12,13)14)15-10(16)8-5-3-2-4-6-8;1-2/h2-7H,1H3;1-2H3. The van der Waals surface area contributed by atoms with E-state index in [0.717, 1.165) is 6.20 Å². The number of benzene rings is 1. The molecule has 0 saturated carbocycles. The SMILES string of the molecule is CC.Cn1cc(C(F)(F)F)nc1-c1ccccc1. The van der Waals surface area contributed by atoms with Crippen molar-refractivity contribution >= 4 is 0 Å². The highest BCUT2D eigenvalue weighted by Crippen LogP contribution is 2.30. The van der Waals surface area contributed by atoms with E-state index in [2.05, 4.69) is 4.98 Å². The summed E-state index contributed by atoms with van der Waals surface area (Å²) in [5.41, 5.74) is -0.200. The monoisotopic (exact) mass is 256 g/mol. The first-order chi connectivity index (χ1) is 8.48. The van der Waals surface area contributed by atoms with Crippen molar-refractivity contribution in [1.82, 2.24) is 9.55 Å². The van der Waals surface area contributed by atoms with Crippen LogP contribution >= 0.6 is 0 Å². The molecule has 0 aliphatic carbocycles. The van der Waals surface area contributed by atoms with E-state index in [9.17, 15) is 13.2 Å². The predicted molar refractivity (Wildman–Crippen MR) is 65.0 cm³/mol. The van der Waals surface area contributed by atoms with Gasteiger partial charge in [0.1, 0.15) is 5.82 Å². The molecule has 0 atom stereocenters. The number of halogens is 3. The maximum atomic E-state index is 12.4. The summed E-state index contributed by atoms with van der Waals surface area (Å²) >= 11 is 0. The molecule has 1 aromatic heterocycles. The third-order valence-electron chi connectivity index (χ3n) is 2.20. The van der Waals surface area contributed by atoms with E-state index in [1.807, 2.05) is 13.8 Å². The van der Waals surface area contributed by atoms with Crippen LogP contribution in [0.25, 0.3) is 11.4 Å². The van der Waals surface area contributed by atoms with Crippen LogP contribution in [0.3, 0.4) is 0 Å². The second-order valence-electron chi connectivity index (χ2n) is 3.42. The first kappa shape index (κ1) is 14.3. The molecule has 1 aromatic carbocycles. The highest BCUT2D eigenvalue weighted by molar-refractivity contribution is 5.55. The molecule has 98 valence electrons. The van der Waals surface area contributed by atoms with Crippen LogP contribution in [0.5, 0.6) is 0 Å². The fourth-order valence-corrected chi connectivity index (χ4v) is 1.46. The molecule has 0 radical (unpaired) electrons. The summed E-state index contributed by atoms with van der Waals surface area (Å²) < 4.78 is 38.6. The smallest absolute Gasteiger partial charge is 0.333 e. The summed E-state index contributed by atoms with van der Waals surface area (Å²) in [7, 11) is 1.55. The zero-order chi connectivity index (χ0) is 13.8. The molecule has 18 heavy (non-hydrogen) atoms. The molecule has 0 aliphatic heterocycles. The lowest BCUT2D eigenvalue weighted by Crippen LogP contribution is -2.04. The summed E-state index contributed by atoms with van der Waals surface area (Å²) in [4.78, 5) is 3.59. The lowest BCUT2D eigenvalue weighted by Gasteiger charge is -2.00. The van der Waals surface area contributed by atoms with Gasteiger partial charge in [0.05, 0.1) is 0 Å². The van der Waals surface area contributed by atoms with E-state index in [-0.39, 0.29) is 0 Å². The van der Waals surface area contributed by atoms with Crippen LogP contribution in [-0.4, -0.2) is 9.55 Å². The summed E-state index contributed by atoms with van der Waals surface area (Å²) in [5, 5.41) is 0. The van der Waals surface area contributed by atoms with Crippen LogP contribution in [0.4, 0.5) is 13.2 Å². The Morgan fingerprint density at radius 1 is 1.06 bits per heavy atom. The average Bonchev–Trinajstić information content (AvgIpc) is 2.75. The van der Waals surface area contributed by atoms with E-state index in [0.29, 0.717) is 11.4 Å². The van der Waals surface area contributed by atoms with Gasteiger partial charge in [-0.2, -0.15) is 13.2 Å². The van der Waals surface area contributed by atoms with Crippen molar-refractivity contribution < 1.29 is 13.2 Å². The summed E-state index contributed by atoms with van der Waals surface area (Å²) in [5.74, 6) is 0.313. The first-order valence-corrected chi connectivity index (χ1v) is 5.64. The van der Waals surface area contributed by atoms with E-state index in [1.54, 1.807) is 37.4 Å². The van der Waals surface area contributed by atoms with Crippen LogP contribution in [0.2, 0.25) is 0 Å². The summed E-state index contributed by atoms with van der Waals surface area (Å²) in [6.07, 6.45) is -3.41. The van der Waals surface area contributed by atoms with Gasteiger partial charge in [-0.05, 0) is 0 Å².